The van der Waals surface area contributed by atoms with Gasteiger partial charge >= 0.3 is 0 Å². The number of nitrogens with one attached hydrogen (secondary N) is 2. The Hall–Kier alpha value is -1.96. The molecule has 0 aliphatic heterocycles. The van der Waals surface area contributed by atoms with Gasteiger partial charge < -0.3 is 10.1 Å². The van der Waals surface area contributed by atoms with Gasteiger partial charge in [-0.15, -0.1) is 0 Å². The van der Waals surface area contributed by atoms with Crippen LogP contribution in [0.1, 0.15) is 6.92 Å². The van der Waals surface area contributed by atoms with Gasteiger partial charge in [0.15, 0.2) is 6.61 Å². The molecule has 25 heavy (non-hydrogen) atoms. The van der Waals surface area contributed by atoms with Crippen LogP contribution in [0.25, 0.3) is 0 Å². The van der Waals surface area contributed by atoms with E-state index in [-0.39, 0.29) is 22.4 Å². The molecule has 0 aliphatic rings. The summed E-state index contributed by atoms with van der Waals surface area (Å²) >= 11 is 11.7. The van der Waals surface area contributed by atoms with Gasteiger partial charge in [-0.1, -0.05) is 23.2 Å². The van der Waals surface area contributed by atoms with Crippen LogP contribution in [0.2, 0.25) is 10.0 Å². The lowest BCUT2D eigenvalue weighted by Gasteiger charge is -2.10. The SMILES string of the molecule is CCNC(=O)COc1ccc(S(=O)(=O)Nc2ccc(Cl)c(Cl)c2)cc1. The summed E-state index contributed by atoms with van der Waals surface area (Å²) in [5.41, 5.74) is 0.297. The number of ether oxygens (including phenoxy) is 1. The molecule has 0 radical (unpaired) electrons. The van der Waals surface area contributed by atoms with Crippen LogP contribution in [0.5, 0.6) is 5.75 Å². The van der Waals surface area contributed by atoms with E-state index in [1.54, 1.807) is 6.92 Å². The van der Waals surface area contributed by atoms with Crippen LogP contribution >= 0.6 is 23.2 Å². The van der Waals surface area contributed by atoms with Crippen molar-refractivity contribution in [1.29, 1.82) is 0 Å². The Labute approximate surface area is 156 Å². The fourth-order valence-corrected chi connectivity index (χ4v) is 3.23. The van der Waals surface area contributed by atoms with Crippen LogP contribution < -0.4 is 14.8 Å². The minimum absolute atomic E-state index is 0.0453. The van der Waals surface area contributed by atoms with E-state index >= 15 is 0 Å². The van der Waals surface area contributed by atoms with Crippen molar-refractivity contribution in [2.45, 2.75) is 11.8 Å². The summed E-state index contributed by atoms with van der Waals surface area (Å²) in [6.45, 7) is 2.18. The molecule has 0 unspecified atom stereocenters. The number of benzene rings is 2. The molecule has 2 aromatic carbocycles. The molecule has 9 heteroatoms. The van der Waals surface area contributed by atoms with Gasteiger partial charge in [-0.3, -0.25) is 9.52 Å². The molecule has 0 aromatic heterocycles. The normalized spacial score (nSPS) is 11.0. The van der Waals surface area contributed by atoms with Crippen LogP contribution in [0.15, 0.2) is 47.4 Å². The number of anilines is 1. The van der Waals surface area contributed by atoms with Crippen LogP contribution in [0.4, 0.5) is 5.69 Å². The first kappa shape index (κ1) is 19.4. The second-order valence-electron chi connectivity index (χ2n) is 4.95. The van der Waals surface area contributed by atoms with Crippen molar-refractivity contribution in [1.82, 2.24) is 5.32 Å². The predicted molar refractivity (Wildman–Crippen MR) is 97.9 cm³/mol. The number of amides is 1. The van der Waals surface area contributed by atoms with Crippen LogP contribution in [-0.4, -0.2) is 27.5 Å². The minimum atomic E-state index is -3.79. The smallest absolute Gasteiger partial charge is 0.261 e. The van der Waals surface area contributed by atoms with Crippen LogP contribution in [0.3, 0.4) is 0 Å². The van der Waals surface area contributed by atoms with Crippen molar-refractivity contribution in [3.8, 4) is 5.75 Å². The summed E-state index contributed by atoms with van der Waals surface area (Å²) in [6, 6.07) is 10.1. The molecular weight excluding hydrogens is 387 g/mol. The lowest BCUT2D eigenvalue weighted by atomic mass is 10.3. The van der Waals surface area contributed by atoms with Crippen molar-refractivity contribution in [2.24, 2.45) is 0 Å². The van der Waals surface area contributed by atoms with Gasteiger partial charge in [-0.25, -0.2) is 8.42 Å². The van der Waals surface area contributed by atoms with Crippen molar-refractivity contribution >= 4 is 44.8 Å². The van der Waals surface area contributed by atoms with E-state index in [0.29, 0.717) is 23.0 Å². The average molecular weight is 403 g/mol. The highest BCUT2D eigenvalue weighted by Crippen LogP contribution is 2.26. The molecule has 1 amide bonds. The van der Waals surface area contributed by atoms with Crippen molar-refractivity contribution in [3.05, 3.63) is 52.5 Å². The highest BCUT2D eigenvalue weighted by atomic mass is 35.5. The summed E-state index contributed by atoms with van der Waals surface area (Å²) in [5.74, 6) is 0.139. The molecule has 0 saturated carbocycles. The van der Waals surface area contributed by atoms with E-state index in [1.807, 2.05) is 0 Å². The lowest BCUT2D eigenvalue weighted by molar-refractivity contribution is -0.122. The first-order valence-corrected chi connectivity index (χ1v) is 9.53. The summed E-state index contributed by atoms with van der Waals surface area (Å²) < 4.78 is 32.4. The molecule has 134 valence electrons. The van der Waals surface area contributed by atoms with E-state index in [1.165, 1.54) is 42.5 Å². The number of sulfonamides is 1. The fourth-order valence-electron chi connectivity index (χ4n) is 1.89. The van der Waals surface area contributed by atoms with E-state index < -0.39 is 10.0 Å². The van der Waals surface area contributed by atoms with E-state index in [9.17, 15) is 13.2 Å². The molecule has 0 saturated heterocycles. The number of hydrogen-bond donors (Lipinski definition) is 2. The van der Waals surface area contributed by atoms with Crippen molar-refractivity contribution in [3.63, 3.8) is 0 Å². The lowest BCUT2D eigenvalue weighted by Crippen LogP contribution is -2.28. The molecule has 0 bridgehead atoms. The molecule has 2 rings (SSSR count). The Morgan fingerprint density at radius 1 is 1.08 bits per heavy atom. The summed E-state index contributed by atoms with van der Waals surface area (Å²) in [4.78, 5) is 11.4. The second kappa shape index (κ2) is 8.42. The maximum atomic E-state index is 12.4. The highest BCUT2D eigenvalue weighted by molar-refractivity contribution is 7.92. The van der Waals surface area contributed by atoms with Gasteiger partial charge in [0, 0.05) is 6.54 Å². The Kier molecular flexibility index (Phi) is 6.52. The number of halogens is 2. The average Bonchev–Trinajstić information content (AvgIpc) is 2.57. The Morgan fingerprint density at radius 2 is 1.76 bits per heavy atom. The van der Waals surface area contributed by atoms with E-state index in [0.717, 1.165) is 0 Å². The Bertz CT molecular complexity index is 855. The largest absolute Gasteiger partial charge is 0.484 e. The first-order chi connectivity index (χ1) is 11.8. The number of rotatable bonds is 7. The predicted octanol–water partition coefficient (Wildman–Crippen LogP) is 3.31. The zero-order valence-electron chi connectivity index (χ0n) is 13.3. The molecule has 0 aliphatic carbocycles. The maximum Gasteiger partial charge on any atom is 0.261 e. The van der Waals surface area contributed by atoms with Crippen LogP contribution in [0, 0.1) is 0 Å². The highest BCUT2D eigenvalue weighted by Gasteiger charge is 2.15. The molecule has 0 spiro atoms. The van der Waals surface area contributed by atoms with Gasteiger partial charge in [0.2, 0.25) is 0 Å². The third-order valence-corrected chi connectivity index (χ3v) is 5.19. The maximum absolute atomic E-state index is 12.4. The van der Waals surface area contributed by atoms with Crippen molar-refractivity contribution < 1.29 is 17.9 Å². The topological polar surface area (TPSA) is 84.5 Å². The number of likely N-dealkylation sites (N-methyl/N-ethyl adjacent to an activating group) is 1. The molecular formula is C16H16Cl2N2O4S. The third-order valence-electron chi connectivity index (χ3n) is 3.05. The summed E-state index contributed by atoms with van der Waals surface area (Å²) in [7, 11) is -3.79. The van der Waals surface area contributed by atoms with Gasteiger partial charge in [-0.05, 0) is 49.4 Å². The summed E-state index contributed by atoms with van der Waals surface area (Å²) in [5, 5.41) is 3.18. The third kappa shape index (κ3) is 5.52. The first-order valence-electron chi connectivity index (χ1n) is 7.29. The summed E-state index contributed by atoms with van der Waals surface area (Å²) in [6.07, 6.45) is 0. The number of carbonyl (C=O) groups is 1. The molecule has 2 aromatic rings. The second-order valence-corrected chi connectivity index (χ2v) is 7.44. The molecule has 0 heterocycles. The van der Waals surface area contributed by atoms with E-state index in [2.05, 4.69) is 10.0 Å². The van der Waals surface area contributed by atoms with Gasteiger partial charge in [0.05, 0.1) is 20.6 Å². The van der Waals surface area contributed by atoms with E-state index in [4.69, 9.17) is 27.9 Å². The quantitative estimate of drug-likeness (QED) is 0.743. The monoisotopic (exact) mass is 402 g/mol. The number of carbonyl (C=O) groups excluding carboxylic acids is 1. The molecule has 0 fully saturated rings. The minimum Gasteiger partial charge on any atom is -0.484 e. The van der Waals surface area contributed by atoms with Crippen LogP contribution in [-0.2, 0) is 14.8 Å². The number of hydrogen-bond acceptors (Lipinski definition) is 4. The Balaban J connectivity index is 2.06. The molecule has 6 nitrogen and oxygen atoms in total. The van der Waals surface area contributed by atoms with Gasteiger partial charge in [0.1, 0.15) is 5.75 Å². The molecule has 2 N–H and O–H groups in total. The van der Waals surface area contributed by atoms with Gasteiger partial charge in [0.25, 0.3) is 15.9 Å². The zero-order valence-corrected chi connectivity index (χ0v) is 15.6. The standard InChI is InChI=1S/C16H16Cl2N2O4S/c1-2-19-16(21)10-24-12-4-6-13(7-5-12)25(22,23)20-11-3-8-14(17)15(18)9-11/h3-9,20H,2,10H2,1H3,(H,19,21). The molecule has 0 atom stereocenters. The van der Waals surface area contributed by atoms with Crippen molar-refractivity contribution in [2.75, 3.05) is 17.9 Å². The van der Waals surface area contributed by atoms with Gasteiger partial charge in [-0.2, -0.15) is 0 Å². The zero-order chi connectivity index (χ0) is 18.4. The fraction of sp³-hybridized carbons (Fsp3) is 0.188. The Morgan fingerprint density at radius 3 is 2.36 bits per heavy atom.